The first kappa shape index (κ1) is 9.69. The van der Waals surface area contributed by atoms with Crippen molar-refractivity contribution < 1.29 is 0 Å². The molecular formula is C11H19N3. The van der Waals surface area contributed by atoms with Gasteiger partial charge in [0.15, 0.2) is 0 Å². The van der Waals surface area contributed by atoms with E-state index in [4.69, 9.17) is 0 Å². The van der Waals surface area contributed by atoms with Crippen molar-refractivity contribution in [3.63, 3.8) is 0 Å². The second-order valence-electron chi connectivity index (χ2n) is 5.34. The van der Waals surface area contributed by atoms with Crippen LogP contribution in [0.5, 0.6) is 0 Å². The highest BCUT2D eigenvalue weighted by Gasteiger charge is 2.31. The van der Waals surface area contributed by atoms with Gasteiger partial charge in [-0.25, -0.2) is 4.68 Å². The SMILES string of the molecule is Cc1nnn2c1CCCC2C(C)(C)C. The van der Waals surface area contributed by atoms with E-state index in [1.807, 2.05) is 0 Å². The van der Waals surface area contributed by atoms with Gasteiger partial charge in [-0.05, 0) is 31.6 Å². The average molecular weight is 193 g/mol. The number of rotatable bonds is 0. The predicted octanol–water partition coefficient (Wildman–Crippen LogP) is 2.51. The molecule has 2 rings (SSSR count). The van der Waals surface area contributed by atoms with Gasteiger partial charge in [0, 0.05) is 0 Å². The van der Waals surface area contributed by atoms with Gasteiger partial charge >= 0.3 is 0 Å². The smallest absolute Gasteiger partial charge is 0.0828 e. The molecule has 0 bridgehead atoms. The molecule has 1 aromatic rings. The normalized spacial score (nSPS) is 22.1. The minimum atomic E-state index is 0.287. The lowest BCUT2D eigenvalue weighted by molar-refractivity contribution is 0.186. The van der Waals surface area contributed by atoms with Gasteiger partial charge in [0.2, 0.25) is 0 Å². The quantitative estimate of drug-likeness (QED) is 0.634. The molecule has 0 saturated heterocycles. The minimum Gasteiger partial charge on any atom is -0.246 e. The zero-order valence-electron chi connectivity index (χ0n) is 9.54. The largest absolute Gasteiger partial charge is 0.246 e. The Balaban J connectivity index is 2.41. The van der Waals surface area contributed by atoms with Gasteiger partial charge < -0.3 is 0 Å². The molecule has 1 unspecified atom stereocenters. The Morgan fingerprint density at radius 3 is 2.71 bits per heavy atom. The third-order valence-electron chi connectivity index (χ3n) is 3.17. The van der Waals surface area contributed by atoms with Crippen LogP contribution in [0.2, 0.25) is 0 Å². The molecule has 0 amide bonds. The lowest BCUT2D eigenvalue weighted by Crippen LogP contribution is -2.29. The standard InChI is InChI=1S/C11H19N3/c1-8-9-6-5-7-10(11(2,3)4)14(9)13-12-8/h10H,5-7H2,1-4H3. The molecule has 0 saturated carbocycles. The molecule has 1 aromatic heterocycles. The minimum absolute atomic E-state index is 0.287. The van der Waals surface area contributed by atoms with Gasteiger partial charge in [0.1, 0.15) is 0 Å². The third-order valence-corrected chi connectivity index (χ3v) is 3.17. The Morgan fingerprint density at radius 2 is 2.07 bits per heavy atom. The number of nitrogens with zero attached hydrogens (tertiary/aromatic N) is 3. The maximum absolute atomic E-state index is 4.27. The summed E-state index contributed by atoms with van der Waals surface area (Å²) in [5, 5.41) is 8.45. The highest BCUT2D eigenvalue weighted by atomic mass is 15.4. The van der Waals surface area contributed by atoms with Crippen LogP contribution in [-0.2, 0) is 6.42 Å². The number of aryl methyl sites for hydroxylation is 1. The molecule has 0 fully saturated rings. The highest BCUT2D eigenvalue weighted by molar-refractivity contribution is 5.11. The summed E-state index contributed by atoms with van der Waals surface area (Å²) < 4.78 is 2.15. The highest BCUT2D eigenvalue weighted by Crippen LogP contribution is 2.38. The van der Waals surface area contributed by atoms with E-state index in [1.165, 1.54) is 18.5 Å². The second-order valence-corrected chi connectivity index (χ2v) is 5.34. The van der Waals surface area contributed by atoms with E-state index in [2.05, 4.69) is 42.7 Å². The molecule has 1 atom stereocenters. The fourth-order valence-corrected chi connectivity index (χ4v) is 2.32. The predicted molar refractivity (Wildman–Crippen MR) is 56.2 cm³/mol. The molecule has 3 nitrogen and oxygen atoms in total. The summed E-state index contributed by atoms with van der Waals surface area (Å²) >= 11 is 0. The Bertz CT molecular complexity index is 333. The Kier molecular flexibility index (Phi) is 2.13. The molecule has 0 aromatic carbocycles. The van der Waals surface area contributed by atoms with E-state index in [1.54, 1.807) is 0 Å². The van der Waals surface area contributed by atoms with Crippen molar-refractivity contribution in [2.24, 2.45) is 5.41 Å². The fourth-order valence-electron chi connectivity index (χ4n) is 2.32. The molecule has 1 aliphatic heterocycles. The van der Waals surface area contributed by atoms with Gasteiger partial charge in [-0.2, -0.15) is 0 Å². The zero-order chi connectivity index (χ0) is 10.3. The first-order chi connectivity index (χ1) is 6.50. The first-order valence-electron chi connectivity index (χ1n) is 5.41. The van der Waals surface area contributed by atoms with E-state index in [9.17, 15) is 0 Å². The summed E-state index contributed by atoms with van der Waals surface area (Å²) in [6.07, 6.45) is 3.65. The van der Waals surface area contributed by atoms with Crippen molar-refractivity contribution in [2.45, 2.75) is 53.0 Å². The number of hydrogen-bond donors (Lipinski definition) is 0. The average Bonchev–Trinajstić information content (AvgIpc) is 2.46. The Morgan fingerprint density at radius 1 is 1.36 bits per heavy atom. The van der Waals surface area contributed by atoms with Crippen molar-refractivity contribution in [1.82, 2.24) is 15.0 Å². The van der Waals surface area contributed by atoms with Crippen molar-refractivity contribution in [3.8, 4) is 0 Å². The number of aromatic nitrogens is 3. The lowest BCUT2D eigenvalue weighted by Gasteiger charge is -2.34. The molecule has 0 aliphatic carbocycles. The van der Waals surface area contributed by atoms with E-state index < -0.39 is 0 Å². The maximum Gasteiger partial charge on any atom is 0.0828 e. The van der Waals surface area contributed by atoms with Gasteiger partial charge in [0.05, 0.1) is 17.4 Å². The molecule has 0 spiro atoms. The molecule has 14 heavy (non-hydrogen) atoms. The summed E-state index contributed by atoms with van der Waals surface area (Å²) in [6, 6.07) is 0.521. The van der Waals surface area contributed by atoms with Crippen LogP contribution in [0, 0.1) is 12.3 Å². The zero-order valence-corrected chi connectivity index (χ0v) is 9.54. The second kappa shape index (κ2) is 3.07. The summed E-state index contributed by atoms with van der Waals surface area (Å²) in [4.78, 5) is 0. The summed E-state index contributed by atoms with van der Waals surface area (Å²) in [7, 11) is 0. The van der Waals surface area contributed by atoms with Gasteiger partial charge in [-0.3, -0.25) is 0 Å². The van der Waals surface area contributed by atoms with Crippen LogP contribution in [-0.4, -0.2) is 15.0 Å². The monoisotopic (exact) mass is 193 g/mol. The molecule has 0 radical (unpaired) electrons. The van der Waals surface area contributed by atoms with Crippen LogP contribution < -0.4 is 0 Å². The van der Waals surface area contributed by atoms with E-state index in [-0.39, 0.29) is 5.41 Å². The van der Waals surface area contributed by atoms with Crippen molar-refractivity contribution in [2.75, 3.05) is 0 Å². The van der Waals surface area contributed by atoms with Crippen LogP contribution in [0.25, 0.3) is 0 Å². The molecule has 0 N–H and O–H groups in total. The van der Waals surface area contributed by atoms with Crippen LogP contribution in [0.1, 0.15) is 51.0 Å². The van der Waals surface area contributed by atoms with Crippen LogP contribution >= 0.6 is 0 Å². The van der Waals surface area contributed by atoms with Crippen molar-refractivity contribution in [1.29, 1.82) is 0 Å². The van der Waals surface area contributed by atoms with E-state index in [0.29, 0.717) is 6.04 Å². The molecule has 1 aliphatic rings. The van der Waals surface area contributed by atoms with Crippen molar-refractivity contribution >= 4 is 0 Å². The molecule has 2 heterocycles. The van der Waals surface area contributed by atoms with E-state index >= 15 is 0 Å². The summed E-state index contributed by atoms with van der Waals surface area (Å²) in [5.41, 5.74) is 2.74. The number of fused-ring (bicyclic) bond motifs is 1. The summed E-state index contributed by atoms with van der Waals surface area (Å²) in [5.74, 6) is 0. The maximum atomic E-state index is 4.27. The van der Waals surface area contributed by atoms with Gasteiger partial charge in [-0.1, -0.05) is 26.0 Å². The van der Waals surface area contributed by atoms with Gasteiger partial charge in [-0.15, -0.1) is 5.10 Å². The Labute approximate surface area is 85.5 Å². The van der Waals surface area contributed by atoms with Crippen molar-refractivity contribution in [3.05, 3.63) is 11.4 Å². The number of hydrogen-bond acceptors (Lipinski definition) is 2. The Hall–Kier alpha value is -0.860. The van der Waals surface area contributed by atoms with Gasteiger partial charge in [0.25, 0.3) is 0 Å². The van der Waals surface area contributed by atoms with Crippen LogP contribution in [0.3, 0.4) is 0 Å². The topological polar surface area (TPSA) is 30.7 Å². The molecular weight excluding hydrogens is 174 g/mol. The molecule has 78 valence electrons. The first-order valence-corrected chi connectivity index (χ1v) is 5.41. The van der Waals surface area contributed by atoms with E-state index in [0.717, 1.165) is 12.1 Å². The summed E-state index contributed by atoms with van der Waals surface area (Å²) in [6.45, 7) is 8.90. The van der Waals surface area contributed by atoms with Crippen LogP contribution in [0.15, 0.2) is 0 Å². The van der Waals surface area contributed by atoms with Crippen LogP contribution in [0.4, 0.5) is 0 Å². The molecule has 3 heteroatoms. The fraction of sp³-hybridized carbons (Fsp3) is 0.818. The lowest BCUT2D eigenvalue weighted by atomic mass is 9.82. The third kappa shape index (κ3) is 1.45.